The van der Waals surface area contributed by atoms with Gasteiger partial charge >= 0.3 is 5.97 Å². The molecule has 0 saturated carbocycles. The van der Waals surface area contributed by atoms with Gasteiger partial charge in [0.15, 0.2) is 6.29 Å². The van der Waals surface area contributed by atoms with Crippen LogP contribution in [0.5, 0.6) is 11.5 Å². The molecule has 1 unspecified atom stereocenters. The molecule has 2 rings (SSSR count). The second-order valence-corrected chi connectivity index (χ2v) is 4.64. The molecule has 0 spiro atoms. The van der Waals surface area contributed by atoms with Crippen LogP contribution in [0.15, 0.2) is 35.9 Å². The van der Waals surface area contributed by atoms with E-state index in [9.17, 15) is 4.79 Å². The Morgan fingerprint density at radius 1 is 1.26 bits per heavy atom. The first kappa shape index (κ1) is 13.9. The van der Waals surface area contributed by atoms with Crippen molar-refractivity contribution in [2.75, 3.05) is 6.61 Å². The van der Waals surface area contributed by atoms with E-state index in [-0.39, 0.29) is 11.3 Å². The van der Waals surface area contributed by atoms with Crippen LogP contribution in [0.1, 0.15) is 19.3 Å². The molecule has 1 aromatic carbocycles. The summed E-state index contributed by atoms with van der Waals surface area (Å²) in [4.78, 5) is 11.2. The average molecular weight is 283 g/mol. The van der Waals surface area contributed by atoms with Gasteiger partial charge < -0.3 is 14.2 Å². The molecule has 4 nitrogen and oxygen atoms in total. The largest absolute Gasteiger partial charge is 0.465 e. The molecule has 0 bridgehead atoms. The normalized spacial score (nSPS) is 18.7. The van der Waals surface area contributed by atoms with E-state index >= 15 is 0 Å². The molecule has 0 radical (unpaired) electrons. The van der Waals surface area contributed by atoms with Gasteiger partial charge in [0.05, 0.1) is 6.61 Å². The lowest BCUT2D eigenvalue weighted by atomic mass is 10.2. The molecular weight excluding hydrogens is 268 g/mol. The maximum absolute atomic E-state index is 11.2. The third kappa shape index (κ3) is 4.26. The number of ether oxygens (including phenoxy) is 3. The van der Waals surface area contributed by atoms with Crippen LogP contribution < -0.4 is 9.47 Å². The Balaban J connectivity index is 1.90. The van der Waals surface area contributed by atoms with Gasteiger partial charge in [-0.3, -0.25) is 0 Å². The van der Waals surface area contributed by atoms with Gasteiger partial charge in [0.2, 0.25) is 0 Å². The number of hydrogen-bond acceptors (Lipinski definition) is 4. The van der Waals surface area contributed by atoms with Crippen LogP contribution >= 0.6 is 11.6 Å². The fraction of sp³-hybridized carbons (Fsp3) is 0.357. The fourth-order valence-electron chi connectivity index (χ4n) is 1.70. The van der Waals surface area contributed by atoms with Crippen LogP contribution in [0.4, 0.5) is 0 Å². The first-order valence-corrected chi connectivity index (χ1v) is 6.48. The summed E-state index contributed by atoms with van der Waals surface area (Å²) in [5.41, 5.74) is 0. The molecule has 0 aromatic heterocycles. The molecule has 1 saturated heterocycles. The number of carbonyl (C=O) groups excluding carboxylic acids is 1. The second kappa shape index (κ2) is 6.59. The van der Waals surface area contributed by atoms with Crippen molar-refractivity contribution in [2.45, 2.75) is 25.6 Å². The quantitative estimate of drug-likeness (QED) is 0.483. The van der Waals surface area contributed by atoms with Gasteiger partial charge in [-0.15, -0.1) is 0 Å². The monoisotopic (exact) mass is 282 g/mol. The zero-order valence-electron chi connectivity index (χ0n) is 10.4. The Hall–Kier alpha value is -1.52. The number of hydrogen-bond donors (Lipinski definition) is 0. The molecule has 0 amide bonds. The summed E-state index contributed by atoms with van der Waals surface area (Å²) >= 11 is 5.43. The van der Waals surface area contributed by atoms with Crippen molar-refractivity contribution >= 4 is 17.6 Å². The molecule has 1 heterocycles. The van der Waals surface area contributed by atoms with Crippen LogP contribution in [0.3, 0.4) is 0 Å². The summed E-state index contributed by atoms with van der Waals surface area (Å²) in [5.74, 6) is 0.408. The Kier molecular flexibility index (Phi) is 4.82. The Labute approximate surface area is 116 Å². The predicted molar refractivity (Wildman–Crippen MR) is 71.3 cm³/mol. The minimum absolute atomic E-state index is 0.157. The molecule has 19 heavy (non-hydrogen) atoms. The highest BCUT2D eigenvalue weighted by Gasteiger charge is 2.15. The fourth-order valence-corrected chi connectivity index (χ4v) is 1.74. The van der Waals surface area contributed by atoms with Gasteiger partial charge in [-0.25, -0.2) is 4.79 Å². The first-order chi connectivity index (χ1) is 9.15. The third-order valence-electron chi connectivity index (χ3n) is 2.66. The zero-order valence-corrected chi connectivity index (χ0v) is 11.2. The molecule has 102 valence electrons. The Bertz CT molecular complexity index is 449. The van der Waals surface area contributed by atoms with Crippen LogP contribution in [0.25, 0.3) is 0 Å². The predicted octanol–water partition coefficient (Wildman–Crippen LogP) is 3.25. The SMILES string of the molecule is C=C(Cl)C(=O)Oc1ccc(OC2CCCCO2)cc1. The van der Waals surface area contributed by atoms with Crippen LogP contribution in [-0.4, -0.2) is 18.9 Å². The molecule has 1 aliphatic rings. The van der Waals surface area contributed by atoms with Gasteiger partial charge in [0.25, 0.3) is 0 Å². The topological polar surface area (TPSA) is 44.8 Å². The molecule has 1 atom stereocenters. The smallest absolute Gasteiger partial charge is 0.354 e. The van der Waals surface area contributed by atoms with Crippen LogP contribution in [-0.2, 0) is 9.53 Å². The van der Waals surface area contributed by atoms with E-state index in [1.54, 1.807) is 24.3 Å². The van der Waals surface area contributed by atoms with Gasteiger partial charge in [0.1, 0.15) is 16.5 Å². The number of rotatable bonds is 4. The molecule has 1 aliphatic heterocycles. The lowest BCUT2D eigenvalue weighted by molar-refractivity contribution is -0.129. The lowest BCUT2D eigenvalue weighted by Gasteiger charge is -2.23. The zero-order chi connectivity index (χ0) is 13.7. The van der Waals surface area contributed by atoms with Gasteiger partial charge in [-0.05, 0) is 37.1 Å². The van der Waals surface area contributed by atoms with E-state index in [0.29, 0.717) is 11.5 Å². The van der Waals surface area contributed by atoms with Crippen LogP contribution in [0.2, 0.25) is 0 Å². The molecule has 1 aromatic rings. The third-order valence-corrected chi connectivity index (χ3v) is 2.82. The molecule has 5 heteroatoms. The minimum atomic E-state index is -0.661. The number of carbonyl (C=O) groups is 1. The van der Waals surface area contributed by atoms with E-state index in [4.69, 9.17) is 25.8 Å². The molecule has 0 N–H and O–H groups in total. The first-order valence-electron chi connectivity index (χ1n) is 6.10. The van der Waals surface area contributed by atoms with Crippen molar-refractivity contribution in [1.29, 1.82) is 0 Å². The highest BCUT2D eigenvalue weighted by atomic mass is 35.5. The summed E-state index contributed by atoms with van der Waals surface area (Å²) < 4.78 is 16.1. The van der Waals surface area contributed by atoms with Crippen molar-refractivity contribution in [2.24, 2.45) is 0 Å². The summed E-state index contributed by atoms with van der Waals surface area (Å²) in [7, 11) is 0. The number of halogens is 1. The average Bonchev–Trinajstić information content (AvgIpc) is 2.42. The standard InChI is InChI=1S/C14H15ClO4/c1-10(15)14(16)19-12-7-5-11(6-8-12)18-13-4-2-3-9-17-13/h5-8,13H,1-4,9H2. The highest BCUT2D eigenvalue weighted by Crippen LogP contribution is 2.22. The van der Waals surface area contributed by atoms with E-state index in [2.05, 4.69) is 6.58 Å². The van der Waals surface area contributed by atoms with E-state index in [1.165, 1.54) is 0 Å². The summed E-state index contributed by atoms with van der Waals surface area (Å²) in [6.07, 6.45) is 2.89. The summed E-state index contributed by atoms with van der Waals surface area (Å²) in [5, 5.41) is -0.157. The van der Waals surface area contributed by atoms with Gasteiger partial charge in [-0.2, -0.15) is 0 Å². The number of esters is 1. The lowest BCUT2D eigenvalue weighted by Crippen LogP contribution is -2.24. The molecular formula is C14H15ClO4. The van der Waals surface area contributed by atoms with Crippen molar-refractivity contribution in [3.63, 3.8) is 0 Å². The molecule has 1 fully saturated rings. The maximum Gasteiger partial charge on any atom is 0.354 e. The van der Waals surface area contributed by atoms with Crippen molar-refractivity contribution in [3.8, 4) is 11.5 Å². The van der Waals surface area contributed by atoms with Crippen LogP contribution in [0, 0.1) is 0 Å². The van der Waals surface area contributed by atoms with E-state index < -0.39 is 5.97 Å². The minimum Gasteiger partial charge on any atom is -0.465 e. The van der Waals surface area contributed by atoms with Gasteiger partial charge in [-0.1, -0.05) is 18.2 Å². The summed E-state index contributed by atoms with van der Waals surface area (Å²) in [6, 6.07) is 6.71. The maximum atomic E-state index is 11.2. The number of benzene rings is 1. The van der Waals surface area contributed by atoms with Crippen molar-refractivity contribution in [3.05, 3.63) is 35.9 Å². The van der Waals surface area contributed by atoms with E-state index in [0.717, 1.165) is 25.9 Å². The Morgan fingerprint density at radius 2 is 1.95 bits per heavy atom. The second-order valence-electron chi connectivity index (χ2n) is 4.18. The van der Waals surface area contributed by atoms with Crippen molar-refractivity contribution in [1.82, 2.24) is 0 Å². The van der Waals surface area contributed by atoms with Crippen molar-refractivity contribution < 1.29 is 19.0 Å². The van der Waals surface area contributed by atoms with Gasteiger partial charge in [0, 0.05) is 6.42 Å². The van der Waals surface area contributed by atoms with E-state index in [1.807, 2.05) is 0 Å². The highest BCUT2D eigenvalue weighted by molar-refractivity contribution is 6.41. The summed E-state index contributed by atoms with van der Waals surface area (Å²) in [6.45, 7) is 4.03. The Morgan fingerprint density at radius 3 is 2.53 bits per heavy atom. The molecule has 0 aliphatic carbocycles.